The van der Waals surface area contributed by atoms with Crippen molar-refractivity contribution in [2.45, 2.75) is 103 Å². The van der Waals surface area contributed by atoms with E-state index in [0.29, 0.717) is 12.0 Å². The number of nitro benzene ring substituents is 1. The fourth-order valence-corrected chi connectivity index (χ4v) is 5.65. The second kappa shape index (κ2) is 12.9. The summed E-state index contributed by atoms with van der Waals surface area (Å²) in [7, 11) is -3.49. The molecular formula is C22H37NO4S. The van der Waals surface area contributed by atoms with Crippen molar-refractivity contribution in [2.75, 3.05) is 5.75 Å². The first-order valence-corrected chi connectivity index (χ1v) is 12.4. The number of nitro groups is 1. The van der Waals surface area contributed by atoms with Crippen LogP contribution in [0.25, 0.3) is 0 Å². The van der Waals surface area contributed by atoms with Crippen molar-refractivity contribution in [3.05, 3.63) is 33.4 Å². The molecule has 1 aromatic rings. The lowest BCUT2D eigenvalue weighted by atomic mass is 10.1. The Morgan fingerprint density at radius 3 is 1.75 bits per heavy atom. The SMILES string of the molecule is CCCCCCCCCCCCCCS(=O)(=O)c1c(C)ccc([N+](=O)[O-])c1C. The fourth-order valence-electron chi connectivity index (χ4n) is 3.73. The summed E-state index contributed by atoms with van der Waals surface area (Å²) in [6, 6.07) is 2.91. The normalized spacial score (nSPS) is 11.7. The van der Waals surface area contributed by atoms with E-state index in [1.165, 1.54) is 70.4 Å². The largest absolute Gasteiger partial charge is 0.273 e. The lowest BCUT2D eigenvalue weighted by Gasteiger charge is -2.11. The number of aryl methyl sites for hydroxylation is 1. The van der Waals surface area contributed by atoms with E-state index in [1.54, 1.807) is 6.92 Å². The molecule has 6 heteroatoms. The van der Waals surface area contributed by atoms with Gasteiger partial charge in [0, 0.05) is 11.6 Å². The van der Waals surface area contributed by atoms with Gasteiger partial charge in [-0.3, -0.25) is 10.1 Å². The Hall–Kier alpha value is -1.43. The molecule has 0 saturated carbocycles. The summed E-state index contributed by atoms with van der Waals surface area (Å²) >= 11 is 0. The van der Waals surface area contributed by atoms with Crippen LogP contribution in [-0.2, 0) is 9.84 Å². The number of hydrogen-bond donors (Lipinski definition) is 0. The maximum absolute atomic E-state index is 12.7. The van der Waals surface area contributed by atoms with Gasteiger partial charge in [0.25, 0.3) is 5.69 Å². The Bertz CT molecular complexity index is 713. The molecule has 0 aliphatic heterocycles. The number of nitrogens with zero attached hydrogens (tertiary/aromatic N) is 1. The van der Waals surface area contributed by atoms with Crippen LogP contribution < -0.4 is 0 Å². The Labute approximate surface area is 171 Å². The molecule has 5 nitrogen and oxygen atoms in total. The summed E-state index contributed by atoms with van der Waals surface area (Å²) in [6.07, 6.45) is 14.2. The Kier molecular flexibility index (Phi) is 11.4. The molecule has 0 radical (unpaired) electrons. The minimum Gasteiger partial charge on any atom is -0.258 e. The van der Waals surface area contributed by atoms with Crippen molar-refractivity contribution >= 4 is 15.5 Å². The molecule has 0 aliphatic carbocycles. The van der Waals surface area contributed by atoms with Gasteiger partial charge in [-0.15, -0.1) is 0 Å². The third-order valence-electron chi connectivity index (χ3n) is 5.35. The van der Waals surface area contributed by atoms with Crippen molar-refractivity contribution in [3.63, 3.8) is 0 Å². The molecule has 0 N–H and O–H groups in total. The predicted molar refractivity (Wildman–Crippen MR) is 116 cm³/mol. The molecule has 160 valence electrons. The second-order valence-corrected chi connectivity index (χ2v) is 9.87. The summed E-state index contributed by atoms with van der Waals surface area (Å²) in [5.74, 6) is 0.0628. The monoisotopic (exact) mass is 411 g/mol. The average molecular weight is 412 g/mol. The smallest absolute Gasteiger partial charge is 0.258 e. The van der Waals surface area contributed by atoms with Crippen LogP contribution in [0.3, 0.4) is 0 Å². The van der Waals surface area contributed by atoms with Crippen LogP contribution in [0, 0.1) is 24.0 Å². The zero-order valence-electron chi connectivity index (χ0n) is 17.8. The summed E-state index contributed by atoms with van der Waals surface area (Å²) in [6.45, 7) is 5.46. The van der Waals surface area contributed by atoms with E-state index in [4.69, 9.17) is 0 Å². The van der Waals surface area contributed by atoms with E-state index >= 15 is 0 Å². The average Bonchev–Trinajstić information content (AvgIpc) is 2.62. The zero-order valence-corrected chi connectivity index (χ0v) is 18.7. The molecule has 0 aliphatic rings. The summed E-state index contributed by atoms with van der Waals surface area (Å²) in [5, 5.41) is 11.1. The maximum atomic E-state index is 12.7. The number of benzene rings is 1. The third-order valence-corrected chi connectivity index (χ3v) is 7.42. The minimum absolute atomic E-state index is 0.0628. The molecular weight excluding hydrogens is 374 g/mol. The first-order chi connectivity index (χ1) is 13.3. The van der Waals surface area contributed by atoms with E-state index in [1.807, 2.05) is 0 Å². The van der Waals surface area contributed by atoms with Crippen LogP contribution in [0.15, 0.2) is 17.0 Å². The van der Waals surface area contributed by atoms with Crippen molar-refractivity contribution in [1.29, 1.82) is 0 Å². The minimum atomic E-state index is -3.49. The highest BCUT2D eigenvalue weighted by atomic mass is 32.2. The van der Waals surface area contributed by atoms with Crippen LogP contribution in [0.1, 0.15) is 95.1 Å². The van der Waals surface area contributed by atoms with Crippen molar-refractivity contribution in [3.8, 4) is 0 Å². The van der Waals surface area contributed by atoms with Gasteiger partial charge in [0.05, 0.1) is 15.6 Å². The molecule has 0 unspecified atom stereocenters. The van der Waals surface area contributed by atoms with Gasteiger partial charge in [0.2, 0.25) is 0 Å². The van der Waals surface area contributed by atoms with Crippen molar-refractivity contribution in [2.24, 2.45) is 0 Å². The number of sulfone groups is 1. The second-order valence-electron chi connectivity index (χ2n) is 7.82. The Balaban J connectivity index is 2.32. The van der Waals surface area contributed by atoms with Gasteiger partial charge in [0.15, 0.2) is 9.84 Å². The zero-order chi connectivity index (χ0) is 21.0. The van der Waals surface area contributed by atoms with Gasteiger partial charge in [-0.1, -0.05) is 83.6 Å². The molecule has 28 heavy (non-hydrogen) atoms. The lowest BCUT2D eigenvalue weighted by Crippen LogP contribution is -2.11. The molecule has 0 bridgehead atoms. The molecule has 0 heterocycles. The van der Waals surface area contributed by atoms with E-state index in [9.17, 15) is 18.5 Å². The number of hydrogen-bond acceptors (Lipinski definition) is 4. The molecule has 0 amide bonds. The molecule has 1 aromatic carbocycles. The molecule has 0 atom stereocenters. The quantitative estimate of drug-likeness (QED) is 0.183. The number of rotatable bonds is 15. The maximum Gasteiger partial charge on any atom is 0.273 e. The van der Waals surface area contributed by atoms with Crippen molar-refractivity contribution in [1.82, 2.24) is 0 Å². The van der Waals surface area contributed by atoms with Gasteiger partial charge in [-0.05, 0) is 25.8 Å². The fraction of sp³-hybridized carbons (Fsp3) is 0.727. The molecule has 0 spiro atoms. The topological polar surface area (TPSA) is 77.3 Å². The summed E-state index contributed by atoms with van der Waals surface area (Å²) in [4.78, 5) is 10.7. The van der Waals surface area contributed by atoms with Crippen LogP contribution in [0.4, 0.5) is 5.69 Å². The molecule has 0 saturated heterocycles. The Morgan fingerprint density at radius 2 is 1.29 bits per heavy atom. The van der Waals surface area contributed by atoms with Crippen LogP contribution >= 0.6 is 0 Å². The van der Waals surface area contributed by atoms with Crippen molar-refractivity contribution < 1.29 is 13.3 Å². The number of unbranched alkanes of at least 4 members (excludes halogenated alkanes) is 11. The first kappa shape index (κ1) is 24.6. The van der Waals surface area contributed by atoms with Gasteiger partial charge in [-0.2, -0.15) is 0 Å². The van der Waals surface area contributed by atoms with E-state index in [-0.39, 0.29) is 21.9 Å². The van der Waals surface area contributed by atoms with Gasteiger partial charge < -0.3 is 0 Å². The van der Waals surface area contributed by atoms with Gasteiger partial charge in [-0.25, -0.2) is 8.42 Å². The predicted octanol–water partition coefficient (Wildman–Crippen LogP) is 6.69. The van der Waals surface area contributed by atoms with E-state index in [0.717, 1.165) is 19.3 Å². The molecule has 0 aromatic heterocycles. The first-order valence-electron chi connectivity index (χ1n) is 10.8. The highest BCUT2D eigenvalue weighted by Gasteiger charge is 2.25. The highest BCUT2D eigenvalue weighted by Crippen LogP contribution is 2.29. The standard InChI is InChI=1S/C22H37NO4S/c1-4-5-6-7-8-9-10-11-12-13-14-15-18-28(26,27)22-19(2)16-17-21(20(22)3)23(24)25/h16-17H,4-15,18H2,1-3H3. The highest BCUT2D eigenvalue weighted by molar-refractivity contribution is 7.91. The summed E-state index contributed by atoms with van der Waals surface area (Å²) in [5.41, 5.74) is 0.713. The Morgan fingerprint density at radius 1 is 0.821 bits per heavy atom. The van der Waals surface area contributed by atoms with Crippen LogP contribution in [-0.4, -0.2) is 19.1 Å². The van der Waals surface area contributed by atoms with E-state index < -0.39 is 14.8 Å². The van der Waals surface area contributed by atoms with Crippen LogP contribution in [0.2, 0.25) is 0 Å². The van der Waals surface area contributed by atoms with Crippen LogP contribution in [0.5, 0.6) is 0 Å². The van der Waals surface area contributed by atoms with E-state index in [2.05, 4.69) is 6.92 Å². The van der Waals surface area contributed by atoms with Gasteiger partial charge >= 0.3 is 0 Å². The molecule has 0 fully saturated rings. The summed E-state index contributed by atoms with van der Waals surface area (Å²) < 4.78 is 25.4. The third kappa shape index (κ3) is 8.29. The lowest BCUT2D eigenvalue weighted by molar-refractivity contribution is -0.385. The van der Waals surface area contributed by atoms with Gasteiger partial charge in [0.1, 0.15) is 0 Å². The molecule has 1 rings (SSSR count).